The number of aliphatic hydroxyl groups is 1. The second kappa shape index (κ2) is 14.9. The Bertz CT molecular complexity index is 1520. The van der Waals surface area contributed by atoms with Crippen molar-refractivity contribution in [3.63, 3.8) is 0 Å². The van der Waals surface area contributed by atoms with E-state index in [0.29, 0.717) is 18.4 Å². The van der Waals surface area contributed by atoms with E-state index in [-0.39, 0.29) is 18.0 Å². The van der Waals surface area contributed by atoms with E-state index < -0.39 is 11.6 Å². The van der Waals surface area contributed by atoms with E-state index >= 15 is 0 Å². The number of carboxylic acid groups (broad SMARTS) is 1. The number of aryl methyl sites for hydroxylation is 2. The van der Waals surface area contributed by atoms with Gasteiger partial charge in [0.05, 0.1) is 29.5 Å². The number of nitrogens with zero attached hydrogens (tertiary/aromatic N) is 6. The Morgan fingerprint density at radius 3 is 2.56 bits per heavy atom. The number of likely N-dealkylation sites (tertiary alicyclic amines) is 1. The molecule has 4 atom stereocenters. The van der Waals surface area contributed by atoms with E-state index in [2.05, 4.69) is 77.6 Å². The Kier molecular flexibility index (Phi) is 10.7. The topological polar surface area (TPSA) is 120 Å². The summed E-state index contributed by atoms with van der Waals surface area (Å²) in [4.78, 5) is 26.9. The minimum absolute atomic E-state index is 0.0690. The molecular formula is C38H55N7O3. The molecule has 0 radical (unpaired) electrons. The van der Waals surface area contributed by atoms with Gasteiger partial charge in [-0.05, 0) is 94.6 Å². The number of hydrogen-bond donors (Lipinski definition) is 3. The number of β-amino-alcohol motifs (C(OH)–C–C–N with tert-alkyl or cyclic N) is 1. The Morgan fingerprint density at radius 1 is 1.12 bits per heavy atom. The average Bonchev–Trinajstić information content (AvgIpc) is 3.54. The molecule has 6 rings (SSSR count). The van der Waals surface area contributed by atoms with Crippen molar-refractivity contribution in [2.45, 2.75) is 108 Å². The van der Waals surface area contributed by atoms with Gasteiger partial charge in [-0.3, -0.25) is 14.4 Å². The van der Waals surface area contributed by atoms with E-state index in [0.717, 1.165) is 107 Å². The molecule has 2 fully saturated rings. The highest BCUT2D eigenvalue weighted by atomic mass is 16.4. The van der Waals surface area contributed by atoms with Crippen LogP contribution in [0.1, 0.15) is 106 Å². The van der Waals surface area contributed by atoms with Crippen molar-refractivity contribution >= 4 is 17.7 Å². The van der Waals surface area contributed by atoms with Crippen molar-refractivity contribution in [3.8, 4) is 0 Å². The molecule has 10 nitrogen and oxygen atoms in total. The van der Waals surface area contributed by atoms with Crippen molar-refractivity contribution in [1.82, 2.24) is 24.6 Å². The fourth-order valence-corrected chi connectivity index (χ4v) is 8.64. The molecular weight excluding hydrogens is 602 g/mol. The Labute approximate surface area is 286 Å². The number of anilines is 2. The van der Waals surface area contributed by atoms with Crippen molar-refractivity contribution < 1.29 is 15.0 Å². The van der Waals surface area contributed by atoms with Crippen LogP contribution in [0.25, 0.3) is 0 Å². The number of aliphatic carboxylic acids is 1. The van der Waals surface area contributed by atoms with Gasteiger partial charge in [0.1, 0.15) is 5.82 Å². The van der Waals surface area contributed by atoms with Crippen LogP contribution >= 0.6 is 0 Å². The summed E-state index contributed by atoms with van der Waals surface area (Å²) in [6.45, 7) is 6.66. The van der Waals surface area contributed by atoms with Crippen molar-refractivity contribution in [1.29, 1.82) is 0 Å². The molecule has 2 aromatic heterocycles. The van der Waals surface area contributed by atoms with Gasteiger partial charge in [-0.25, -0.2) is 4.98 Å². The summed E-state index contributed by atoms with van der Waals surface area (Å²) < 4.78 is 1.85. The molecule has 0 spiro atoms. The number of nitrogens with one attached hydrogen (secondary N) is 1. The van der Waals surface area contributed by atoms with Crippen molar-refractivity contribution in [2.24, 2.45) is 18.9 Å². The molecule has 260 valence electrons. The summed E-state index contributed by atoms with van der Waals surface area (Å²) in [7, 11) is 4.08. The minimum atomic E-state index is -0.663. The van der Waals surface area contributed by atoms with Crippen LogP contribution in [0.15, 0.2) is 42.7 Å². The van der Waals surface area contributed by atoms with Gasteiger partial charge in [0.25, 0.3) is 0 Å². The highest BCUT2D eigenvalue weighted by Gasteiger charge is 2.36. The normalized spacial score (nSPS) is 26.0. The molecule has 3 heterocycles. The number of piperidine rings is 1. The van der Waals surface area contributed by atoms with Crippen LogP contribution in [0.2, 0.25) is 0 Å². The number of hydrogen-bond acceptors (Lipinski definition) is 8. The third-order valence-corrected chi connectivity index (χ3v) is 11.6. The maximum absolute atomic E-state index is 11.7. The highest BCUT2D eigenvalue weighted by Crippen LogP contribution is 2.39. The number of rotatable bonds is 12. The molecule has 1 saturated carbocycles. The van der Waals surface area contributed by atoms with E-state index in [4.69, 9.17) is 9.97 Å². The number of carbonyl (C=O) groups is 1. The van der Waals surface area contributed by atoms with Gasteiger partial charge in [-0.2, -0.15) is 10.1 Å². The quantitative estimate of drug-likeness (QED) is 0.216. The minimum Gasteiger partial charge on any atom is -0.481 e. The molecule has 0 unspecified atom stereocenters. The van der Waals surface area contributed by atoms with Crippen molar-refractivity contribution in [3.05, 3.63) is 65.1 Å². The predicted octanol–water partition coefficient (Wildman–Crippen LogP) is 5.98. The number of aromatic nitrogens is 4. The number of fused-ring (bicyclic) bond motifs is 1. The fraction of sp³-hybridized carbons (Fsp3) is 0.632. The lowest BCUT2D eigenvalue weighted by Crippen LogP contribution is -2.49. The third-order valence-electron chi connectivity index (χ3n) is 11.6. The van der Waals surface area contributed by atoms with E-state index in [1.54, 1.807) is 0 Å². The Morgan fingerprint density at radius 2 is 1.90 bits per heavy atom. The zero-order valence-electron chi connectivity index (χ0n) is 29.3. The maximum atomic E-state index is 11.7. The first kappa shape index (κ1) is 34.4. The lowest BCUT2D eigenvalue weighted by atomic mass is 9.77. The van der Waals surface area contributed by atoms with Gasteiger partial charge in [-0.15, -0.1) is 0 Å². The van der Waals surface area contributed by atoms with Crippen LogP contribution in [0.5, 0.6) is 0 Å². The number of carboxylic acids is 1. The van der Waals surface area contributed by atoms with Gasteiger partial charge in [-0.1, -0.05) is 44.2 Å². The largest absolute Gasteiger partial charge is 0.481 e. The summed E-state index contributed by atoms with van der Waals surface area (Å²) in [6.07, 6.45) is 13.7. The van der Waals surface area contributed by atoms with Crippen LogP contribution in [-0.2, 0) is 24.7 Å². The summed E-state index contributed by atoms with van der Waals surface area (Å²) in [6, 6.07) is 11.0. The lowest BCUT2D eigenvalue weighted by molar-refractivity contribution is -0.143. The van der Waals surface area contributed by atoms with E-state index in [1.807, 2.05) is 17.9 Å². The molecule has 2 aliphatic carbocycles. The van der Waals surface area contributed by atoms with Gasteiger partial charge < -0.3 is 20.4 Å². The first-order valence-corrected chi connectivity index (χ1v) is 18.3. The SMILES string of the molecule is CC[C@H](C1CCC(C(=O)O)CC1)N(C)c1nc2c(c(N[C@@H](CN3CCC[C@](O)(CC)C3)c3cnn(C)c3)n1)C[C@H](c1ccccc1)CC2. The summed E-state index contributed by atoms with van der Waals surface area (Å²) in [5.41, 5.74) is 4.12. The first-order valence-electron chi connectivity index (χ1n) is 18.3. The first-order chi connectivity index (χ1) is 23.2. The van der Waals surface area contributed by atoms with Crippen LogP contribution < -0.4 is 10.2 Å². The standard InChI is InChI=1S/C38H55N7O3/c1-5-34(27-13-15-28(16-14-27)36(46)47)44(4)37-41-32-18-17-29(26-11-8-7-9-12-26)21-31(32)35(42-37)40-33(30-22-39-43(3)23-30)24-45-20-10-19-38(48,6-2)25-45/h7-9,11-12,22-23,27-29,33-34,48H,5-6,10,13-21,24-25H2,1-4H3,(H,46,47)(H,40,41,42)/t27?,28?,29-,33+,34-,38-/m1/s1. The molecule has 0 amide bonds. The van der Waals surface area contributed by atoms with Gasteiger partial charge in [0.15, 0.2) is 0 Å². The van der Waals surface area contributed by atoms with Gasteiger partial charge in [0, 0.05) is 50.6 Å². The third kappa shape index (κ3) is 7.70. The van der Waals surface area contributed by atoms with Crippen LogP contribution in [0, 0.1) is 11.8 Å². The summed E-state index contributed by atoms with van der Waals surface area (Å²) in [5.74, 6) is 1.55. The number of benzene rings is 1. The van der Waals surface area contributed by atoms with Crippen LogP contribution in [0.3, 0.4) is 0 Å². The molecule has 1 saturated heterocycles. The molecule has 10 heteroatoms. The molecule has 3 aliphatic rings. The monoisotopic (exact) mass is 657 g/mol. The van der Waals surface area contributed by atoms with Crippen LogP contribution in [-0.4, -0.2) is 79.2 Å². The van der Waals surface area contributed by atoms with Crippen LogP contribution in [0.4, 0.5) is 11.8 Å². The second-order valence-corrected chi connectivity index (χ2v) is 14.7. The Hall–Kier alpha value is -3.50. The molecule has 1 aliphatic heterocycles. The average molecular weight is 658 g/mol. The maximum Gasteiger partial charge on any atom is 0.306 e. The zero-order chi connectivity index (χ0) is 33.8. The fourth-order valence-electron chi connectivity index (χ4n) is 8.64. The van der Waals surface area contributed by atoms with Gasteiger partial charge >= 0.3 is 5.97 Å². The van der Waals surface area contributed by atoms with E-state index in [9.17, 15) is 15.0 Å². The van der Waals surface area contributed by atoms with Crippen molar-refractivity contribution in [2.75, 3.05) is 36.9 Å². The predicted molar refractivity (Wildman–Crippen MR) is 189 cm³/mol. The molecule has 3 aromatic rings. The molecule has 1 aromatic carbocycles. The second-order valence-electron chi connectivity index (χ2n) is 14.7. The molecule has 0 bridgehead atoms. The molecule has 48 heavy (non-hydrogen) atoms. The Balaban J connectivity index is 1.33. The highest BCUT2D eigenvalue weighted by molar-refractivity contribution is 5.70. The lowest BCUT2D eigenvalue weighted by Gasteiger charge is -2.40. The smallest absolute Gasteiger partial charge is 0.306 e. The zero-order valence-corrected chi connectivity index (χ0v) is 29.3. The van der Waals surface area contributed by atoms with E-state index in [1.165, 1.54) is 11.1 Å². The summed E-state index contributed by atoms with van der Waals surface area (Å²) in [5, 5.41) is 29.3. The summed E-state index contributed by atoms with van der Waals surface area (Å²) >= 11 is 0. The molecule has 3 N–H and O–H groups in total. The van der Waals surface area contributed by atoms with Gasteiger partial charge in [0.2, 0.25) is 5.95 Å².